The molecule has 0 saturated carbocycles. The third-order valence-corrected chi connectivity index (χ3v) is 2.40. The Morgan fingerprint density at radius 2 is 1.80 bits per heavy atom. The standard InChI is InChI=1S/C12H25NO2/c1-4-6-7-10-15-11-8-9-13(3)12(14)5-2/h4-11H2,1-3H3. The van der Waals surface area contributed by atoms with E-state index in [0.29, 0.717) is 6.42 Å². The number of rotatable bonds is 9. The first-order valence-electron chi connectivity index (χ1n) is 6.04. The van der Waals surface area contributed by atoms with Gasteiger partial charge in [0.15, 0.2) is 0 Å². The molecule has 0 aromatic rings. The molecule has 1 amide bonds. The monoisotopic (exact) mass is 215 g/mol. The molecule has 15 heavy (non-hydrogen) atoms. The summed E-state index contributed by atoms with van der Waals surface area (Å²) in [6, 6.07) is 0. The van der Waals surface area contributed by atoms with Gasteiger partial charge in [0.1, 0.15) is 0 Å². The minimum absolute atomic E-state index is 0.209. The molecule has 0 heterocycles. The van der Waals surface area contributed by atoms with E-state index in [4.69, 9.17) is 4.74 Å². The molecule has 0 radical (unpaired) electrons. The zero-order chi connectivity index (χ0) is 11.5. The van der Waals surface area contributed by atoms with Crippen molar-refractivity contribution in [3.63, 3.8) is 0 Å². The summed E-state index contributed by atoms with van der Waals surface area (Å²) in [5.41, 5.74) is 0. The molecule has 0 rings (SSSR count). The van der Waals surface area contributed by atoms with E-state index < -0.39 is 0 Å². The molecule has 0 aliphatic heterocycles. The Morgan fingerprint density at radius 3 is 2.40 bits per heavy atom. The van der Waals surface area contributed by atoms with E-state index in [1.54, 1.807) is 4.90 Å². The lowest BCUT2D eigenvalue weighted by Gasteiger charge is -2.15. The lowest BCUT2D eigenvalue weighted by atomic mass is 10.3. The molecular formula is C12H25NO2. The van der Waals surface area contributed by atoms with Crippen molar-refractivity contribution < 1.29 is 9.53 Å². The van der Waals surface area contributed by atoms with Gasteiger partial charge in [0.25, 0.3) is 0 Å². The Labute approximate surface area is 93.8 Å². The van der Waals surface area contributed by atoms with Crippen LogP contribution in [-0.4, -0.2) is 37.6 Å². The normalized spacial score (nSPS) is 10.3. The van der Waals surface area contributed by atoms with Crippen molar-refractivity contribution in [1.29, 1.82) is 0 Å². The number of amides is 1. The fourth-order valence-electron chi connectivity index (χ4n) is 1.35. The molecule has 3 nitrogen and oxygen atoms in total. The molecule has 0 N–H and O–H groups in total. The molecule has 0 aliphatic rings. The van der Waals surface area contributed by atoms with E-state index in [0.717, 1.165) is 32.6 Å². The summed E-state index contributed by atoms with van der Waals surface area (Å²) >= 11 is 0. The Bertz CT molecular complexity index is 160. The van der Waals surface area contributed by atoms with E-state index in [1.807, 2.05) is 14.0 Å². The number of carbonyl (C=O) groups excluding carboxylic acids is 1. The van der Waals surface area contributed by atoms with Crippen molar-refractivity contribution in [2.45, 2.75) is 46.0 Å². The maximum absolute atomic E-state index is 11.2. The Kier molecular flexibility index (Phi) is 9.59. The van der Waals surface area contributed by atoms with Gasteiger partial charge in [-0.05, 0) is 12.8 Å². The van der Waals surface area contributed by atoms with Gasteiger partial charge >= 0.3 is 0 Å². The van der Waals surface area contributed by atoms with Crippen LogP contribution in [0.4, 0.5) is 0 Å². The van der Waals surface area contributed by atoms with Gasteiger partial charge in [0.2, 0.25) is 5.91 Å². The summed E-state index contributed by atoms with van der Waals surface area (Å²) in [5.74, 6) is 0.209. The van der Waals surface area contributed by atoms with Gasteiger partial charge in [-0.1, -0.05) is 26.7 Å². The second-order valence-corrected chi connectivity index (χ2v) is 3.84. The van der Waals surface area contributed by atoms with Crippen molar-refractivity contribution in [3.05, 3.63) is 0 Å². The summed E-state index contributed by atoms with van der Waals surface area (Å²) in [4.78, 5) is 13.0. The number of hydrogen-bond donors (Lipinski definition) is 0. The molecule has 0 atom stereocenters. The van der Waals surface area contributed by atoms with E-state index in [-0.39, 0.29) is 5.91 Å². The third-order valence-electron chi connectivity index (χ3n) is 2.40. The fourth-order valence-corrected chi connectivity index (χ4v) is 1.35. The maximum Gasteiger partial charge on any atom is 0.222 e. The largest absolute Gasteiger partial charge is 0.381 e. The summed E-state index contributed by atoms with van der Waals surface area (Å²) in [7, 11) is 1.85. The molecule has 3 heteroatoms. The molecule has 0 aromatic heterocycles. The molecule has 0 saturated heterocycles. The minimum Gasteiger partial charge on any atom is -0.381 e. The molecule has 0 aromatic carbocycles. The minimum atomic E-state index is 0.209. The number of ether oxygens (including phenoxy) is 1. The topological polar surface area (TPSA) is 29.5 Å². The Balaban J connectivity index is 3.20. The average Bonchev–Trinajstić information content (AvgIpc) is 2.26. The number of hydrogen-bond acceptors (Lipinski definition) is 2. The molecular weight excluding hydrogens is 190 g/mol. The molecule has 0 spiro atoms. The van der Waals surface area contributed by atoms with Crippen molar-refractivity contribution in [2.75, 3.05) is 26.8 Å². The van der Waals surface area contributed by atoms with Gasteiger partial charge < -0.3 is 9.64 Å². The Hall–Kier alpha value is -0.570. The summed E-state index contributed by atoms with van der Waals surface area (Å²) in [6.07, 6.45) is 5.16. The first-order chi connectivity index (χ1) is 7.22. The predicted octanol–water partition coefficient (Wildman–Crippen LogP) is 2.45. The molecule has 0 aliphatic carbocycles. The van der Waals surface area contributed by atoms with E-state index in [1.165, 1.54) is 12.8 Å². The first-order valence-corrected chi connectivity index (χ1v) is 6.04. The molecule has 0 unspecified atom stereocenters. The van der Waals surface area contributed by atoms with Crippen LogP contribution in [0.3, 0.4) is 0 Å². The van der Waals surface area contributed by atoms with Crippen molar-refractivity contribution >= 4 is 5.91 Å². The van der Waals surface area contributed by atoms with Crippen molar-refractivity contribution in [1.82, 2.24) is 4.90 Å². The second kappa shape index (κ2) is 9.97. The van der Waals surface area contributed by atoms with Gasteiger partial charge in [-0.3, -0.25) is 4.79 Å². The molecule has 0 bridgehead atoms. The zero-order valence-corrected chi connectivity index (χ0v) is 10.4. The van der Waals surface area contributed by atoms with Crippen LogP contribution in [0.25, 0.3) is 0 Å². The summed E-state index contributed by atoms with van der Waals surface area (Å²) in [5, 5.41) is 0. The first kappa shape index (κ1) is 14.4. The van der Waals surface area contributed by atoms with Crippen LogP contribution in [0.2, 0.25) is 0 Å². The van der Waals surface area contributed by atoms with E-state index in [2.05, 4.69) is 6.92 Å². The summed E-state index contributed by atoms with van der Waals surface area (Å²) < 4.78 is 5.46. The average molecular weight is 215 g/mol. The fraction of sp³-hybridized carbons (Fsp3) is 0.917. The number of carbonyl (C=O) groups is 1. The molecule has 90 valence electrons. The zero-order valence-electron chi connectivity index (χ0n) is 10.4. The second-order valence-electron chi connectivity index (χ2n) is 3.84. The highest BCUT2D eigenvalue weighted by molar-refractivity contribution is 5.75. The van der Waals surface area contributed by atoms with Crippen LogP contribution < -0.4 is 0 Å². The predicted molar refractivity (Wildman–Crippen MR) is 62.9 cm³/mol. The van der Waals surface area contributed by atoms with Crippen LogP contribution in [0.1, 0.15) is 46.0 Å². The van der Waals surface area contributed by atoms with Crippen LogP contribution in [0.15, 0.2) is 0 Å². The quantitative estimate of drug-likeness (QED) is 0.553. The maximum atomic E-state index is 11.2. The summed E-state index contributed by atoms with van der Waals surface area (Å²) in [6.45, 7) is 6.51. The highest BCUT2D eigenvalue weighted by Gasteiger charge is 2.04. The van der Waals surface area contributed by atoms with Crippen molar-refractivity contribution in [2.24, 2.45) is 0 Å². The van der Waals surface area contributed by atoms with Crippen LogP contribution >= 0.6 is 0 Å². The van der Waals surface area contributed by atoms with Gasteiger partial charge in [0.05, 0.1) is 0 Å². The number of nitrogens with zero attached hydrogens (tertiary/aromatic N) is 1. The highest BCUT2D eigenvalue weighted by Crippen LogP contribution is 1.96. The van der Waals surface area contributed by atoms with E-state index >= 15 is 0 Å². The SMILES string of the molecule is CCCCCOCCCN(C)C(=O)CC. The van der Waals surface area contributed by atoms with Crippen LogP contribution in [0, 0.1) is 0 Å². The lowest BCUT2D eigenvalue weighted by Crippen LogP contribution is -2.27. The smallest absolute Gasteiger partial charge is 0.222 e. The third kappa shape index (κ3) is 8.43. The van der Waals surface area contributed by atoms with E-state index in [9.17, 15) is 4.79 Å². The van der Waals surface area contributed by atoms with Gasteiger partial charge in [-0.25, -0.2) is 0 Å². The Morgan fingerprint density at radius 1 is 1.13 bits per heavy atom. The van der Waals surface area contributed by atoms with Crippen LogP contribution in [0.5, 0.6) is 0 Å². The van der Waals surface area contributed by atoms with Crippen molar-refractivity contribution in [3.8, 4) is 0 Å². The van der Waals surface area contributed by atoms with Gasteiger partial charge in [0, 0.05) is 33.2 Å². The number of unbranched alkanes of at least 4 members (excludes halogenated alkanes) is 2. The van der Waals surface area contributed by atoms with Gasteiger partial charge in [-0.15, -0.1) is 0 Å². The molecule has 0 fully saturated rings. The highest BCUT2D eigenvalue weighted by atomic mass is 16.5. The van der Waals surface area contributed by atoms with Crippen LogP contribution in [-0.2, 0) is 9.53 Å². The van der Waals surface area contributed by atoms with Gasteiger partial charge in [-0.2, -0.15) is 0 Å². The lowest BCUT2D eigenvalue weighted by molar-refractivity contribution is -0.129.